The molecule has 0 radical (unpaired) electrons. The van der Waals surface area contributed by atoms with E-state index in [1.54, 1.807) is 6.07 Å². The Morgan fingerprint density at radius 2 is 1.86 bits per heavy atom. The topological polar surface area (TPSA) is 54.4 Å². The van der Waals surface area contributed by atoms with Crippen LogP contribution < -0.4 is 0 Å². The summed E-state index contributed by atoms with van der Waals surface area (Å²) in [6.45, 7) is 5.48. The lowest BCUT2D eigenvalue weighted by molar-refractivity contribution is -0.112. The summed E-state index contributed by atoms with van der Waals surface area (Å²) >= 11 is 0. The van der Waals surface area contributed by atoms with E-state index in [1.165, 1.54) is 6.08 Å². The van der Waals surface area contributed by atoms with Crippen LogP contribution in [0.2, 0.25) is 0 Å². The van der Waals surface area contributed by atoms with Crippen molar-refractivity contribution in [3.63, 3.8) is 0 Å². The smallest absolute Gasteiger partial charge is 0.234 e. The number of ketones is 2. The molecule has 0 aliphatic heterocycles. The van der Waals surface area contributed by atoms with Crippen LogP contribution in [0.25, 0.3) is 16.5 Å². The van der Waals surface area contributed by atoms with Crippen LogP contribution in [0.15, 0.2) is 48.6 Å². The lowest BCUT2D eigenvalue weighted by Crippen LogP contribution is -2.24. The maximum absolute atomic E-state index is 12.4. The summed E-state index contributed by atoms with van der Waals surface area (Å²) in [6.07, 6.45) is 1.69. The van der Waals surface area contributed by atoms with Gasteiger partial charge in [0, 0.05) is 16.7 Å². The minimum atomic E-state index is -0.645. The highest BCUT2D eigenvalue weighted by Crippen LogP contribution is 2.34. The summed E-state index contributed by atoms with van der Waals surface area (Å²) in [6, 6.07) is 9.25. The molecule has 0 saturated carbocycles. The van der Waals surface area contributed by atoms with Crippen LogP contribution in [0, 0.1) is 6.92 Å². The highest BCUT2D eigenvalue weighted by molar-refractivity contribution is 6.53. The van der Waals surface area contributed by atoms with E-state index in [2.05, 4.69) is 6.58 Å². The fraction of sp³-hybridized carbons (Fsp3) is 0.111. The predicted octanol–water partition coefficient (Wildman–Crippen LogP) is 3.76. The summed E-state index contributed by atoms with van der Waals surface area (Å²) in [7, 11) is 0. The van der Waals surface area contributed by atoms with Gasteiger partial charge >= 0.3 is 0 Å². The zero-order valence-corrected chi connectivity index (χ0v) is 11.6. The van der Waals surface area contributed by atoms with Gasteiger partial charge in [-0.25, -0.2) is 0 Å². The van der Waals surface area contributed by atoms with Gasteiger partial charge in [0.2, 0.25) is 11.6 Å². The molecule has 0 unspecified atom stereocenters. The van der Waals surface area contributed by atoms with Crippen LogP contribution in [0.5, 0.6) is 0 Å². The van der Waals surface area contributed by atoms with Crippen molar-refractivity contribution in [2.24, 2.45) is 0 Å². The Morgan fingerprint density at radius 1 is 1.14 bits per heavy atom. The molecular weight excluding hydrogens is 264 g/mol. The average Bonchev–Trinajstić information content (AvgIpc) is 2.48. The van der Waals surface area contributed by atoms with Gasteiger partial charge in [0.1, 0.15) is 5.76 Å². The summed E-state index contributed by atoms with van der Waals surface area (Å²) in [5.41, 5.74) is 1.84. The second-order valence-electron chi connectivity index (χ2n) is 5.19. The monoisotopic (exact) mass is 278 g/mol. The first-order valence-electron chi connectivity index (χ1n) is 6.70. The van der Waals surface area contributed by atoms with Gasteiger partial charge in [-0.3, -0.25) is 9.59 Å². The second kappa shape index (κ2) is 4.70. The maximum Gasteiger partial charge on any atom is 0.234 e. The fourth-order valence-corrected chi connectivity index (χ4v) is 2.73. The van der Waals surface area contributed by atoms with E-state index in [4.69, 9.17) is 0 Å². The number of allylic oxidation sites excluding steroid dienone is 2. The van der Waals surface area contributed by atoms with Crippen molar-refractivity contribution in [2.75, 3.05) is 0 Å². The van der Waals surface area contributed by atoms with E-state index >= 15 is 0 Å². The molecule has 0 amide bonds. The van der Waals surface area contributed by atoms with Gasteiger partial charge in [0.15, 0.2) is 0 Å². The lowest BCUT2D eigenvalue weighted by Gasteiger charge is -2.19. The maximum atomic E-state index is 12.4. The average molecular weight is 278 g/mol. The number of aryl methyl sites for hydroxylation is 1. The van der Waals surface area contributed by atoms with E-state index in [0.29, 0.717) is 16.5 Å². The molecule has 3 rings (SSSR count). The van der Waals surface area contributed by atoms with E-state index in [9.17, 15) is 14.7 Å². The number of Topliss-reactive ketones (excluding diaryl/α,β-unsaturated/α-hetero) is 2. The van der Waals surface area contributed by atoms with Gasteiger partial charge in [-0.15, -0.1) is 6.58 Å². The first-order valence-corrected chi connectivity index (χ1v) is 6.70. The van der Waals surface area contributed by atoms with Crippen molar-refractivity contribution in [3.8, 4) is 0 Å². The van der Waals surface area contributed by atoms with E-state index < -0.39 is 11.6 Å². The molecule has 0 aromatic heterocycles. The number of carbonyl (C=O) groups is 2. The molecule has 1 aliphatic rings. The van der Waals surface area contributed by atoms with Crippen molar-refractivity contribution >= 4 is 28.1 Å². The van der Waals surface area contributed by atoms with E-state index in [0.717, 1.165) is 10.9 Å². The third-order valence-corrected chi connectivity index (χ3v) is 3.77. The summed E-state index contributed by atoms with van der Waals surface area (Å²) in [4.78, 5) is 24.6. The molecule has 0 fully saturated rings. The molecule has 0 saturated heterocycles. The van der Waals surface area contributed by atoms with Gasteiger partial charge in [-0.1, -0.05) is 35.9 Å². The largest absolute Gasteiger partial charge is 0.507 e. The Labute approximate surface area is 122 Å². The minimum absolute atomic E-state index is 0.113. The number of aliphatic hydroxyl groups excluding tert-OH is 1. The molecular formula is C18H14O3. The van der Waals surface area contributed by atoms with Crippen LogP contribution in [0.3, 0.4) is 0 Å². The lowest BCUT2D eigenvalue weighted by atomic mass is 9.84. The van der Waals surface area contributed by atoms with Crippen molar-refractivity contribution in [3.05, 3.63) is 65.3 Å². The zero-order chi connectivity index (χ0) is 15.1. The number of hydrogen-bond acceptors (Lipinski definition) is 3. The number of aliphatic hydroxyl groups is 1. The van der Waals surface area contributed by atoms with Crippen LogP contribution in [0.1, 0.15) is 27.9 Å². The second-order valence-corrected chi connectivity index (χ2v) is 5.19. The van der Waals surface area contributed by atoms with E-state index in [1.807, 2.05) is 31.2 Å². The molecule has 1 N–H and O–H groups in total. The first-order chi connectivity index (χ1) is 10.0. The molecule has 0 spiro atoms. The Kier molecular flexibility index (Phi) is 2.98. The Hall–Kier alpha value is -2.68. The minimum Gasteiger partial charge on any atom is -0.507 e. The number of fused-ring (bicyclic) bond motifs is 3. The van der Waals surface area contributed by atoms with Crippen molar-refractivity contribution in [1.29, 1.82) is 0 Å². The highest BCUT2D eigenvalue weighted by atomic mass is 16.3. The molecule has 0 bridgehead atoms. The van der Waals surface area contributed by atoms with E-state index in [-0.39, 0.29) is 17.8 Å². The van der Waals surface area contributed by atoms with Gasteiger partial charge in [0.05, 0.1) is 0 Å². The van der Waals surface area contributed by atoms with Crippen LogP contribution in [-0.2, 0) is 4.79 Å². The first kappa shape index (κ1) is 13.3. The third kappa shape index (κ3) is 1.89. The number of hydrogen-bond donors (Lipinski definition) is 1. The number of carbonyl (C=O) groups excluding carboxylic acids is 2. The third-order valence-electron chi connectivity index (χ3n) is 3.77. The van der Waals surface area contributed by atoms with Gasteiger partial charge in [-0.2, -0.15) is 0 Å². The molecule has 3 heteroatoms. The standard InChI is InChI=1S/C18H14O3/c1-3-4-13-16(19)12-8-7-11-6-5-10(2)9-14(11)15(12)18(21)17(13)20/h3,5-9,19H,1,4H2,2H3. The van der Waals surface area contributed by atoms with Gasteiger partial charge in [-0.05, 0) is 30.2 Å². The predicted molar refractivity (Wildman–Crippen MR) is 82.4 cm³/mol. The van der Waals surface area contributed by atoms with Crippen molar-refractivity contribution in [1.82, 2.24) is 0 Å². The van der Waals surface area contributed by atoms with Crippen molar-refractivity contribution in [2.45, 2.75) is 13.3 Å². The molecule has 2 aromatic rings. The fourth-order valence-electron chi connectivity index (χ4n) is 2.73. The molecule has 1 aliphatic carbocycles. The Bertz CT molecular complexity index is 841. The Balaban J connectivity index is 2.40. The van der Waals surface area contributed by atoms with Crippen LogP contribution in [0.4, 0.5) is 0 Å². The summed E-state index contributed by atoms with van der Waals surface area (Å²) in [5, 5.41) is 11.9. The van der Waals surface area contributed by atoms with Gasteiger partial charge < -0.3 is 5.11 Å². The number of benzene rings is 2. The van der Waals surface area contributed by atoms with Crippen molar-refractivity contribution < 1.29 is 14.7 Å². The number of rotatable bonds is 2. The zero-order valence-electron chi connectivity index (χ0n) is 11.6. The highest BCUT2D eigenvalue weighted by Gasteiger charge is 2.33. The normalized spacial score (nSPS) is 14.5. The Morgan fingerprint density at radius 3 is 2.57 bits per heavy atom. The molecule has 2 aromatic carbocycles. The summed E-state index contributed by atoms with van der Waals surface area (Å²) < 4.78 is 0. The molecule has 0 heterocycles. The van der Waals surface area contributed by atoms with Gasteiger partial charge in [0.25, 0.3) is 0 Å². The quantitative estimate of drug-likeness (QED) is 0.672. The summed E-state index contributed by atoms with van der Waals surface area (Å²) in [5.74, 6) is -1.32. The molecule has 104 valence electrons. The molecule has 0 atom stereocenters. The SMILES string of the molecule is C=CCC1=C(O)c2ccc3ccc(C)cc3c2C(=O)C1=O. The molecule has 3 nitrogen and oxygen atoms in total. The molecule has 21 heavy (non-hydrogen) atoms. The van der Waals surface area contributed by atoms with Crippen LogP contribution in [-0.4, -0.2) is 16.7 Å². The van der Waals surface area contributed by atoms with Crippen LogP contribution >= 0.6 is 0 Å².